The first-order chi connectivity index (χ1) is 14.6. The highest BCUT2D eigenvalue weighted by molar-refractivity contribution is 7.13. The van der Waals surface area contributed by atoms with Gasteiger partial charge in [-0.2, -0.15) is 0 Å². The zero-order valence-electron chi connectivity index (χ0n) is 17.3. The van der Waals surface area contributed by atoms with Gasteiger partial charge in [0.1, 0.15) is 10.8 Å². The number of ether oxygens (including phenoxy) is 3. The number of aryl methyl sites for hydroxylation is 1. The zero-order chi connectivity index (χ0) is 21.1. The fraction of sp³-hybridized carbons (Fsp3) is 0.304. The van der Waals surface area contributed by atoms with E-state index in [0.29, 0.717) is 18.0 Å². The van der Waals surface area contributed by atoms with Gasteiger partial charge in [-0.15, -0.1) is 11.3 Å². The third-order valence-electron chi connectivity index (χ3n) is 5.22. The van der Waals surface area contributed by atoms with Crippen LogP contribution in [0.5, 0.6) is 17.2 Å². The normalized spacial score (nSPS) is 13.0. The van der Waals surface area contributed by atoms with E-state index in [1.807, 2.05) is 40.6 Å². The number of carbonyl (C=O) groups is 1. The molecule has 0 N–H and O–H groups in total. The van der Waals surface area contributed by atoms with E-state index in [0.717, 1.165) is 46.1 Å². The molecule has 0 unspecified atom stereocenters. The minimum atomic E-state index is 0.0320. The summed E-state index contributed by atoms with van der Waals surface area (Å²) in [5.74, 6) is 2.10. The van der Waals surface area contributed by atoms with Crippen LogP contribution in [0.4, 0.5) is 5.69 Å². The van der Waals surface area contributed by atoms with Crippen LogP contribution in [-0.2, 0) is 17.6 Å². The molecule has 156 valence electrons. The number of para-hydroxylation sites is 1. The van der Waals surface area contributed by atoms with Crippen LogP contribution in [-0.4, -0.2) is 38.8 Å². The van der Waals surface area contributed by atoms with Gasteiger partial charge in [0.05, 0.1) is 39.1 Å². The van der Waals surface area contributed by atoms with Crippen molar-refractivity contribution >= 4 is 22.9 Å². The Morgan fingerprint density at radius 3 is 2.63 bits per heavy atom. The van der Waals surface area contributed by atoms with Crippen molar-refractivity contribution in [2.24, 2.45) is 0 Å². The summed E-state index contributed by atoms with van der Waals surface area (Å²) in [5, 5.41) is 2.78. The first-order valence-electron chi connectivity index (χ1n) is 9.77. The van der Waals surface area contributed by atoms with Crippen LogP contribution >= 0.6 is 11.3 Å². The molecule has 1 aromatic heterocycles. The number of anilines is 1. The molecule has 2 aromatic carbocycles. The number of thiazole rings is 1. The molecule has 0 saturated carbocycles. The Hall–Kier alpha value is -3.06. The highest BCUT2D eigenvalue weighted by atomic mass is 32.1. The van der Waals surface area contributed by atoms with Crippen molar-refractivity contribution < 1.29 is 19.0 Å². The van der Waals surface area contributed by atoms with Gasteiger partial charge in [-0.05, 0) is 42.7 Å². The van der Waals surface area contributed by atoms with E-state index in [4.69, 9.17) is 14.2 Å². The van der Waals surface area contributed by atoms with Crippen LogP contribution in [0.15, 0.2) is 41.8 Å². The van der Waals surface area contributed by atoms with Crippen molar-refractivity contribution in [2.75, 3.05) is 32.8 Å². The van der Waals surface area contributed by atoms with Crippen LogP contribution in [0, 0.1) is 0 Å². The first kappa shape index (κ1) is 20.2. The molecule has 0 aliphatic carbocycles. The molecule has 1 aliphatic heterocycles. The van der Waals surface area contributed by atoms with Crippen LogP contribution in [0.25, 0.3) is 10.6 Å². The highest BCUT2D eigenvalue weighted by Crippen LogP contribution is 2.37. The lowest BCUT2D eigenvalue weighted by molar-refractivity contribution is -0.118. The maximum absolute atomic E-state index is 13.1. The number of carbonyl (C=O) groups excluding carboxylic acids is 1. The summed E-state index contributed by atoms with van der Waals surface area (Å²) in [6.07, 6.45) is 2.15. The Balaban J connectivity index is 1.55. The van der Waals surface area contributed by atoms with Crippen LogP contribution in [0.1, 0.15) is 17.7 Å². The molecule has 7 heteroatoms. The predicted molar refractivity (Wildman–Crippen MR) is 118 cm³/mol. The standard InChI is InChI=1S/C23H24N2O4S/c1-27-18-10-9-16(12-20(18)29-3)23-24-17(14-30-23)13-21(26)25-11-5-7-15-6-4-8-19(28-2)22(15)25/h4,6,8-10,12,14H,5,7,11,13H2,1-3H3. The van der Waals surface area contributed by atoms with Crippen molar-refractivity contribution in [1.82, 2.24) is 4.98 Å². The quantitative estimate of drug-likeness (QED) is 0.589. The van der Waals surface area contributed by atoms with Crippen LogP contribution < -0.4 is 19.1 Å². The number of amides is 1. The molecule has 0 bridgehead atoms. The summed E-state index contributed by atoms with van der Waals surface area (Å²) in [6, 6.07) is 11.6. The van der Waals surface area contributed by atoms with Crippen molar-refractivity contribution in [3.05, 3.63) is 53.0 Å². The molecular weight excluding hydrogens is 400 g/mol. The Bertz CT molecular complexity index is 1050. The number of benzene rings is 2. The predicted octanol–water partition coefficient (Wildman–Crippen LogP) is 4.36. The van der Waals surface area contributed by atoms with E-state index in [1.54, 1.807) is 21.3 Å². The molecular formula is C23H24N2O4S. The molecule has 1 amide bonds. The van der Waals surface area contributed by atoms with Gasteiger partial charge < -0.3 is 19.1 Å². The largest absolute Gasteiger partial charge is 0.495 e. The molecule has 0 radical (unpaired) electrons. The van der Waals surface area contributed by atoms with Gasteiger partial charge in [-0.1, -0.05) is 12.1 Å². The number of hydrogen-bond donors (Lipinski definition) is 0. The summed E-state index contributed by atoms with van der Waals surface area (Å²) in [5.41, 5.74) is 3.74. The number of methoxy groups -OCH3 is 3. The minimum absolute atomic E-state index is 0.0320. The lowest BCUT2D eigenvalue weighted by Crippen LogP contribution is -2.36. The molecule has 30 heavy (non-hydrogen) atoms. The molecule has 0 saturated heterocycles. The Kier molecular flexibility index (Phi) is 5.90. The maximum atomic E-state index is 13.1. The van der Waals surface area contributed by atoms with Crippen molar-refractivity contribution in [2.45, 2.75) is 19.3 Å². The third-order valence-corrected chi connectivity index (χ3v) is 6.16. The summed E-state index contributed by atoms with van der Waals surface area (Å²) in [4.78, 5) is 19.7. The van der Waals surface area contributed by atoms with E-state index in [-0.39, 0.29) is 12.3 Å². The minimum Gasteiger partial charge on any atom is -0.495 e. The van der Waals surface area contributed by atoms with E-state index in [1.165, 1.54) is 11.3 Å². The first-order valence-corrected chi connectivity index (χ1v) is 10.7. The molecule has 3 aromatic rings. The fourth-order valence-electron chi connectivity index (χ4n) is 3.77. The van der Waals surface area contributed by atoms with Crippen LogP contribution in [0.3, 0.4) is 0 Å². The SMILES string of the molecule is COc1ccc(-c2nc(CC(=O)N3CCCc4cccc(OC)c43)cs2)cc1OC. The monoisotopic (exact) mass is 424 g/mol. The van der Waals surface area contributed by atoms with E-state index < -0.39 is 0 Å². The molecule has 0 fully saturated rings. The number of rotatable bonds is 6. The van der Waals surface area contributed by atoms with Gasteiger partial charge >= 0.3 is 0 Å². The number of hydrogen-bond acceptors (Lipinski definition) is 6. The third kappa shape index (κ3) is 3.85. The average molecular weight is 425 g/mol. The molecule has 6 nitrogen and oxygen atoms in total. The summed E-state index contributed by atoms with van der Waals surface area (Å²) < 4.78 is 16.2. The summed E-state index contributed by atoms with van der Waals surface area (Å²) in [6.45, 7) is 0.693. The van der Waals surface area contributed by atoms with Crippen molar-refractivity contribution in [3.8, 4) is 27.8 Å². The molecule has 0 spiro atoms. The second-order valence-electron chi connectivity index (χ2n) is 7.01. The van der Waals surface area contributed by atoms with E-state index in [2.05, 4.69) is 11.1 Å². The van der Waals surface area contributed by atoms with E-state index in [9.17, 15) is 4.79 Å². The van der Waals surface area contributed by atoms with Gasteiger partial charge in [-0.25, -0.2) is 4.98 Å². The second-order valence-corrected chi connectivity index (χ2v) is 7.87. The Labute approximate surface area is 180 Å². The Morgan fingerprint density at radius 2 is 1.87 bits per heavy atom. The molecule has 2 heterocycles. The number of fused-ring (bicyclic) bond motifs is 1. The topological polar surface area (TPSA) is 60.9 Å². The number of aromatic nitrogens is 1. The molecule has 4 rings (SSSR count). The number of nitrogens with zero attached hydrogens (tertiary/aromatic N) is 2. The molecule has 1 aliphatic rings. The van der Waals surface area contributed by atoms with Gasteiger partial charge in [-0.3, -0.25) is 4.79 Å². The molecule has 0 atom stereocenters. The smallest absolute Gasteiger partial charge is 0.233 e. The van der Waals surface area contributed by atoms with Gasteiger partial charge in [0.2, 0.25) is 5.91 Å². The van der Waals surface area contributed by atoms with Crippen molar-refractivity contribution in [1.29, 1.82) is 0 Å². The summed E-state index contributed by atoms with van der Waals surface area (Å²) in [7, 11) is 4.86. The van der Waals surface area contributed by atoms with Gasteiger partial charge in [0, 0.05) is 17.5 Å². The van der Waals surface area contributed by atoms with Crippen molar-refractivity contribution in [3.63, 3.8) is 0 Å². The average Bonchev–Trinajstić information content (AvgIpc) is 3.26. The summed E-state index contributed by atoms with van der Waals surface area (Å²) >= 11 is 1.51. The zero-order valence-corrected chi connectivity index (χ0v) is 18.1. The van der Waals surface area contributed by atoms with Gasteiger partial charge in [0.25, 0.3) is 0 Å². The fourth-order valence-corrected chi connectivity index (χ4v) is 4.59. The second kappa shape index (κ2) is 8.75. The van der Waals surface area contributed by atoms with E-state index >= 15 is 0 Å². The van der Waals surface area contributed by atoms with Crippen LogP contribution in [0.2, 0.25) is 0 Å². The van der Waals surface area contributed by atoms with Gasteiger partial charge in [0.15, 0.2) is 11.5 Å². The lowest BCUT2D eigenvalue weighted by atomic mass is 10.0. The highest BCUT2D eigenvalue weighted by Gasteiger charge is 2.26. The maximum Gasteiger partial charge on any atom is 0.233 e. The Morgan fingerprint density at radius 1 is 1.07 bits per heavy atom. The lowest BCUT2D eigenvalue weighted by Gasteiger charge is -2.30.